The van der Waals surface area contributed by atoms with Crippen molar-refractivity contribution in [2.24, 2.45) is 5.92 Å². The summed E-state index contributed by atoms with van der Waals surface area (Å²) in [7, 11) is 0. The van der Waals surface area contributed by atoms with Gasteiger partial charge in [-0.3, -0.25) is 4.79 Å². The van der Waals surface area contributed by atoms with Crippen molar-refractivity contribution >= 4 is 11.8 Å². The SMILES string of the molecule is CC1C(C(=O)O)CN1c1ccccn1. The Kier molecular flexibility index (Phi) is 2.11. The highest BCUT2D eigenvalue weighted by Crippen LogP contribution is 2.29. The van der Waals surface area contributed by atoms with Crippen LogP contribution in [0.4, 0.5) is 5.82 Å². The molecule has 14 heavy (non-hydrogen) atoms. The van der Waals surface area contributed by atoms with Crippen molar-refractivity contribution in [3.8, 4) is 0 Å². The lowest BCUT2D eigenvalue weighted by molar-refractivity contribution is -0.143. The van der Waals surface area contributed by atoms with E-state index in [4.69, 9.17) is 5.11 Å². The maximum atomic E-state index is 10.7. The minimum atomic E-state index is -0.718. The van der Waals surface area contributed by atoms with E-state index in [1.807, 2.05) is 30.0 Å². The molecule has 0 bridgehead atoms. The molecule has 1 aromatic rings. The molecule has 1 fully saturated rings. The van der Waals surface area contributed by atoms with E-state index in [2.05, 4.69) is 4.98 Å². The van der Waals surface area contributed by atoms with Crippen LogP contribution in [0, 0.1) is 5.92 Å². The maximum Gasteiger partial charge on any atom is 0.310 e. The first-order valence-corrected chi connectivity index (χ1v) is 4.60. The minimum Gasteiger partial charge on any atom is -0.481 e. The summed E-state index contributed by atoms with van der Waals surface area (Å²) in [6, 6.07) is 5.70. The molecule has 2 rings (SSSR count). The van der Waals surface area contributed by atoms with Gasteiger partial charge in [-0.25, -0.2) is 4.98 Å². The Morgan fingerprint density at radius 2 is 2.43 bits per heavy atom. The van der Waals surface area contributed by atoms with Crippen LogP contribution in [0.2, 0.25) is 0 Å². The van der Waals surface area contributed by atoms with Gasteiger partial charge in [0.25, 0.3) is 0 Å². The third kappa shape index (κ3) is 1.32. The average Bonchev–Trinajstić information content (AvgIpc) is 2.17. The lowest BCUT2D eigenvalue weighted by Crippen LogP contribution is -2.58. The molecule has 4 heteroatoms. The summed E-state index contributed by atoms with van der Waals surface area (Å²) < 4.78 is 0. The van der Waals surface area contributed by atoms with Crippen LogP contribution in [-0.2, 0) is 4.79 Å². The summed E-state index contributed by atoms with van der Waals surface area (Å²) in [4.78, 5) is 16.9. The van der Waals surface area contributed by atoms with E-state index < -0.39 is 5.97 Å². The molecular weight excluding hydrogens is 180 g/mol. The molecule has 0 aromatic carbocycles. The topological polar surface area (TPSA) is 53.4 Å². The Morgan fingerprint density at radius 1 is 1.64 bits per heavy atom. The van der Waals surface area contributed by atoms with Crippen molar-refractivity contribution in [2.45, 2.75) is 13.0 Å². The molecule has 1 saturated heterocycles. The van der Waals surface area contributed by atoms with Crippen molar-refractivity contribution in [1.82, 2.24) is 4.98 Å². The number of carbonyl (C=O) groups is 1. The van der Waals surface area contributed by atoms with E-state index in [0.29, 0.717) is 6.54 Å². The van der Waals surface area contributed by atoms with Crippen molar-refractivity contribution in [3.05, 3.63) is 24.4 Å². The predicted molar refractivity (Wildman–Crippen MR) is 52.2 cm³/mol. The Labute approximate surface area is 82.2 Å². The minimum absolute atomic E-state index is 0.0439. The molecule has 0 spiro atoms. The number of nitrogens with zero attached hydrogens (tertiary/aromatic N) is 2. The molecule has 2 atom stereocenters. The van der Waals surface area contributed by atoms with Gasteiger partial charge in [0.05, 0.1) is 5.92 Å². The van der Waals surface area contributed by atoms with Gasteiger partial charge < -0.3 is 10.0 Å². The van der Waals surface area contributed by atoms with Gasteiger partial charge in [-0.15, -0.1) is 0 Å². The Hall–Kier alpha value is -1.58. The highest BCUT2D eigenvalue weighted by atomic mass is 16.4. The number of carboxylic acid groups (broad SMARTS) is 1. The largest absolute Gasteiger partial charge is 0.481 e. The summed E-state index contributed by atoms with van der Waals surface area (Å²) in [5.41, 5.74) is 0. The van der Waals surface area contributed by atoms with Crippen LogP contribution in [0.1, 0.15) is 6.92 Å². The van der Waals surface area contributed by atoms with E-state index in [1.54, 1.807) is 6.20 Å². The molecular formula is C10H12N2O2. The zero-order valence-electron chi connectivity index (χ0n) is 7.92. The van der Waals surface area contributed by atoms with Crippen molar-refractivity contribution in [3.63, 3.8) is 0 Å². The second-order valence-electron chi connectivity index (χ2n) is 3.53. The number of pyridine rings is 1. The standard InChI is InChI=1S/C10H12N2O2/c1-7-8(10(13)14)6-12(7)9-4-2-3-5-11-9/h2-5,7-8H,6H2,1H3,(H,13,14). The molecule has 2 heterocycles. The van der Waals surface area contributed by atoms with Crippen LogP contribution in [0.3, 0.4) is 0 Å². The molecule has 0 amide bonds. The van der Waals surface area contributed by atoms with Crippen molar-refractivity contribution in [2.75, 3.05) is 11.4 Å². The zero-order valence-corrected chi connectivity index (χ0v) is 7.92. The molecule has 2 unspecified atom stereocenters. The Morgan fingerprint density at radius 3 is 2.93 bits per heavy atom. The predicted octanol–water partition coefficient (Wildman–Crippen LogP) is 0.991. The number of aliphatic carboxylic acids is 1. The average molecular weight is 192 g/mol. The lowest BCUT2D eigenvalue weighted by Gasteiger charge is -2.44. The van der Waals surface area contributed by atoms with Crippen LogP contribution in [0.5, 0.6) is 0 Å². The van der Waals surface area contributed by atoms with Gasteiger partial charge in [-0.2, -0.15) is 0 Å². The third-order valence-corrected chi connectivity index (χ3v) is 2.73. The summed E-state index contributed by atoms with van der Waals surface area (Å²) in [5, 5.41) is 8.82. The number of hydrogen-bond donors (Lipinski definition) is 1. The van der Waals surface area contributed by atoms with Crippen molar-refractivity contribution < 1.29 is 9.90 Å². The molecule has 1 aliphatic heterocycles. The van der Waals surface area contributed by atoms with E-state index in [1.165, 1.54) is 0 Å². The fraction of sp³-hybridized carbons (Fsp3) is 0.400. The molecule has 1 aromatic heterocycles. The second-order valence-corrected chi connectivity index (χ2v) is 3.53. The number of anilines is 1. The van der Waals surface area contributed by atoms with Crippen molar-refractivity contribution in [1.29, 1.82) is 0 Å². The van der Waals surface area contributed by atoms with Crippen LogP contribution < -0.4 is 4.90 Å². The van der Waals surface area contributed by atoms with Gasteiger partial charge in [-0.1, -0.05) is 6.07 Å². The van der Waals surface area contributed by atoms with Gasteiger partial charge >= 0.3 is 5.97 Å². The first kappa shape index (κ1) is 8.99. The summed E-state index contributed by atoms with van der Waals surface area (Å²) in [6.45, 7) is 2.48. The quantitative estimate of drug-likeness (QED) is 0.759. The summed E-state index contributed by atoms with van der Waals surface area (Å²) in [6.07, 6.45) is 1.72. The number of hydrogen-bond acceptors (Lipinski definition) is 3. The van der Waals surface area contributed by atoms with Crippen LogP contribution >= 0.6 is 0 Å². The van der Waals surface area contributed by atoms with E-state index >= 15 is 0 Å². The van der Waals surface area contributed by atoms with E-state index in [0.717, 1.165) is 5.82 Å². The number of aromatic nitrogens is 1. The Balaban J connectivity index is 2.08. The van der Waals surface area contributed by atoms with Gasteiger partial charge in [0, 0.05) is 18.8 Å². The second kappa shape index (κ2) is 3.29. The number of rotatable bonds is 2. The lowest BCUT2D eigenvalue weighted by atomic mass is 9.90. The molecule has 1 N–H and O–H groups in total. The van der Waals surface area contributed by atoms with E-state index in [-0.39, 0.29) is 12.0 Å². The zero-order chi connectivity index (χ0) is 10.1. The fourth-order valence-electron chi connectivity index (χ4n) is 1.72. The highest BCUT2D eigenvalue weighted by Gasteiger charge is 2.40. The van der Waals surface area contributed by atoms with E-state index in [9.17, 15) is 4.79 Å². The van der Waals surface area contributed by atoms with Crippen LogP contribution in [0.25, 0.3) is 0 Å². The summed E-state index contributed by atoms with van der Waals surface area (Å²) >= 11 is 0. The van der Waals surface area contributed by atoms with Crippen LogP contribution in [-0.4, -0.2) is 28.6 Å². The van der Waals surface area contributed by atoms with Crippen LogP contribution in [0.15, 0.2) is 24.4 Å². The smallest absolute Gasteiger partial charge is 0.310 e. The maximum absolute atomic E-state index is 10.7. The molecule has 74 valence electrons. The molecule has 4 nitrogen and oxygen atoms in total. The molecule has 0 aliphatic carbocycles. The normalized spacial score (nSPS) is 25.6. The monoisotopic (exact) mass is 192 g/mol. The van der Waals surface area contributed by atoms with Gasteiger partial charge in [-0.05, 0) is 19.1 Å². The fourth-order valence-corrected chi connectivity index (χ4v) is 1.72. The molecule has 1 aliphatic rings. The molecule has 0 saturated carbocycles. The van der Waals surface area contributed by atoms with Gasteiger partial charge in [0.1, 0.15) is 5.82 Å². The first-order valence-electron chi connectivity index (χ1n) is 4.60. The van der Waals surface area contributed by atoms with Gasteiger partial charge in [0.2, 0.25) is 0 Å². The Bertz CT molecular complexity index is 339. The number of carboxylic acids is 1. The highest BCUT2D eigenvalue weighted by molar-refractivity contribution is 5.75. The first-order chi connectivity index (χ1) is 6.70. The third-order valence-electron chi connectivity index (χ3n) is 2.73. The molecule has 0 radical (unpaired) electrons. The van der Waals surface area contributed by atoms with Gasteiger partial charge in [0.15, 0.2) is 0 Å². The summed E-state index contributed by atoms with van der Waals surface area (Å²) in [5.74, 6) is -0.112.